The van der Waals surface area contributed by atoms with Crippen molar-refractivity contribution in [2.75, 3.05) is 23.7 Å². The van der Waals surface area contributed by atoms with Crippen LogP contribution >= 0.6 is 0 Å². The number of aromatic nitrogens is 3. The van der Waals surface area contributed by atoms with Crippen molar-refractivity contribution in [3.05, 3.63) is 36.2 Å². The maximum atomic E-state index is 11.8. The minimum absolute atomic E-state index is 0.113. The molecule has 28 heavy (non-hydrogen) atoms. The number of hydrogen-bond acceptors (Lipinski definition) is 7. The van der Waals surface area contributed by atoms with Crippen LogP contribution in [0, 0.1) is 0 Å². The summed E-state index contributed by atoms with van der Waals surface area (Å²) in [5.41, 5.74) is 1.05. The van der Waals surface area contributed by atoms with E-state index in [1.165, 1.54) is 0 Å². The largest absolute Gasteiger partial charge is 0.447 e. The average molecular weight is 384 g/mol. The third-order valence-corrected chi connectivity index (χ3v) is 4.51. The van der Waals surface area contributed by atoms with Gasteiger partial charge in [0.05, 0.1) is 0 Å². The Morgan fingerprint density at radius 1 is 1.00 bits per heavy atom. The molecule has 0 saturated heterocycles. The summed E-state index contributed by atoms with van der Waals surface area (Å²) >= 11 is 0. The van der Waals surface area contributed by atoms with Gasteiger partial charge in [-0.25, -0.2) is 19.7 Å². The van der Waals surface area contributed by atoms with Crippen molar-refractivity contribution in [3.8, 4) is 0 Å². The summed E-state index contributed by atoms with van der Waals surface area (Å²) in [7, 11) is 0. The van der Waals surface area contributed by atoms with Crippen molar-refractivity contribution >= 4 is 23.7 Å². The second kappa shape index (κ2) is 10.4. The van der Waals surface area contributed by atoms with Crippen LogP contribution in [-0.4, -0.2) is 40.2 Å². The molecule has 150 valence electrons. The summed E-state index contributed by atoms with van der Waals surface area (Å²) in [6.45, 7) is 3.38. The summed E-state index contributed by atoms with van der Waals surface area (Å²) in [5.74, 6) is 2.04. The SMILES string of the molecule is C[C@@H]1CCCc2cnc(nc2)Nc2cccc(n2)NCCCCCNC(=O)O1. The van der Waals surface area contributed by atoms with Gasteiger partial charge in [-0.05, 0) is 63.1 Å². The molecule has 0 aliphatic carbocycles. The lowest BCUT2D eigenvalue weighted by atomic mass is 10.1. The molecule has 8 heteroatoms. The smallest absolute Gasteiger partial charge is 0.407 e. The lowest BCUT2D eigenvalue weighted by molar-refractivity contribution is 0.101. The van der Waals surface area contributed by atoms with Crippen LogP contribution in [0.5, 0.6) is 0 Å². The highest BCUT2D eigenvalue weighted by Crippen LogP contribution is 2.14. The van der Waals surface area contributed by atoms with Crippen molar-refractivity contribution in [3.63, 3.8) is 0 Å². The molecule has 0 fully saturated rings. The highest BCUT2D eigenvalue weighted by molar-refractivity contribution is 5.67. The second-order valence-electron chi connectivity index (χ2n) is 6.97. The molecule has 2 aromatic heterocycles. The van der Waals surface area contributed by atoms with Crippen LogP contribution in [0.15, 0.2) is 30.6 Å². The quantitative estimate of drug-likeness (QED) is 0.637. The third-order valence-electron chi connectivity index (χ3n) is 4.51. The van der Waals surface area contributed by atoms with Gasteiger partial charge in [-0.2, -0.15) is 0 Å². The molecule has 0 saturated carbocycles. The van der Waals surface area contributed by atoms with Crippen molar-refractivity contribution in [2.45, 2.75) is 51.6 Å². The molecular weight excluding hydrogens is 356 g/mol. The molecule has 4 bridgehead atoms. The summed E-state index contributed by atoms with van der Waals surface area (Å²) < 4.78 is 5.39. The van der Waals surface area contributed by atoms with Gasteiger partial charge >= 0.3 is 6.09 Å². The van der Waals surface area contributed by atoms with E-state index in [1.54, 1.807) is 0 Å². The number of anilines is 3. The number of carbonyl (C=O) groups excluding carboxylic acids is 1. The van der Waals surface area contributed by atoms with Crippen LogP contribution in [0.2, 0.25) is 0 Å². The summed E-state index contributed by atoms with van der Waals surface area (Å²) in [5, 5.41) is 9.28. The van der Waals surface area contributed by atoms with Crippen LogP contribution in [0.25, 0.3) is 0 Å². The van der Waals surface area contributed by atoms with Crippen molar-refractivity contribution in [1.29, 1.82) is 0 Å². The van der Waals surface area contributed by atoms with Gasteiger partial charge in [-0.15, -0.1) is 0 Å². The van der Waals surface area contributed by atoms with E-state index < -0.39 is 0 Å². The van der Waals surface area contributed by atoms with Crippen LogP contribution in [0.4, 0.5) is 22.4 Å². The molecule has 0 aromatic carbocycles. The fourth-order valence-corrected chi connectivity index (χ4v) is 2.98. The number of pyridine rings is 1. The Bertz CT molecular complexity index is 753. The normalized spacial score (nSPS) is 19.3. The van der Waals surface area contributed by atoms with E-state index in [9.17, 15) is 4.79 Å². The lowest BCUT2D eigenvalue weighted by Gasteiger charge is -2.14. The van der Waals surface area contributed by atoms with Crippen LogP contribution in [-0.2, 0) is 11.2 Å². The first kappa shape index (κ1) is 19.9. The van der Waals surface area contributed by atoms with Crippen molar-refractivity contribution < 1.29 is 9.53 Å². The average Bonchev–Trinajstić information content (AvgIpc) is 2.68. The van der Waals surface area contributed by atoms with Gasteiger partial charge in [0.1, 0.15) is 17.7 Å². The first-order chi connectivity index (χ1) is 13.7. The Hall–Kier alpha value is -2.90. The molecule has 0 spiro atoms. The number of ether oxygens (including phenoxy) is 1. The second-order valence-corrected chi connectivity index (χ2v) is 6.97. The maximum Gasteiger partial charge on any atom is 0.407 e. The van der Waals surface area contributed by atoms with E-state index in [0.29, 0.717) is 18.3 Å². The van der Waals surface area contributed by atoms with E-state index in [1.807, 2.05) is 37.5 Å². The van der Waals surface area contributed by atoms with Gasteiger partial charge in [0.15, 0.2) is 0 Å². The fourth-order valence-electron chi connectivity index (χ4n) is 2.98. The van der Waals surface area contributed by atoms with E-state index in [2.05, 4.69) is 30.9 Å². The van der Waals surface area contributed by atoms with Crippen molar-refractivity contribution in [2.24, 2.45) is 0 Å². The van der Waals surface area contributed by atoms with E-state index in [4.69, 9.17) is 4.74 Å². The number of nitrogens with zero attached hydrogens (tertiary/aromatic N) is 3. The van der Waals surface area contributed by atoms with Gasteiger partial charge in [-0.1, -0.05) is 6.07 Å². The minimum Gasteiger partial charge on any atom is -0.447 e. The van der Waals surface area contributed by atoms with Crippen molar-refractivity contribution in [1.82, 2.24) is 20.3 Å². The van der Waals surface area contributed by atoms with E-state index >= 15 is 0 Å². The molecular formula is C20H28N6O2. The van der Waals surface area contributed by atoms with E-state index in [-0.39, 0.29) is 12.2 Å². The molecule has 1 atom stereocenters. The van der Waals surface area contributed by atoms with Gasteiger partial charge in [0.2, 0.25) is 5.95 Å². The number of aryl methyl sites for hydroxylation is 1. The minimum atomic E-state index is -0.337. The highest BCUT2D eigenvalue weighted by Gasteiger charge is 2.09. The standard InChI is InChI=1S/C20H28N6O2/c1-15-7-5-8-16-13-23-19(24-14-16)26-18-10-6-9-17(25-18)21-11-3-2-4-12-22-20(27)28-15/h6,9-10,13-15H,2-5,7-8,11-12H2,1H3,(H,22,27)(H2,21,23,24,25,26)/t15-/m1/s1. The molecule has 3 N–H and O–H groups in total. The summed E-state index contributed by atoms with van der Waals surface area (Å²) in [6, 6.07) is 5.77. The molecule has 4 rings (SSSR count). The molecule has 4 heterocycles. The molecule has 2 aliphatic rings. The predicted molar refractivity (Wildman–Crippen MR) is 109 cm³/mol. The zero-order valence-corrected chi connectivity index (χ0v) is 16.3. The van der Waals surface area contributed by atoms with Gasteiger partial charge in [-0.3, -0.25) is 0 Å². The molecule has 2 aromatic rings. The summed E-state index contributed by atoms with van der Waals surface area (Å²) in [4.78, 5) is 25.1. The zero-order chi connectivity index (χ0) is 19.6. The Kier molecular flexibility index (Phi) is 7.40. The first-order valence-corrected chi connectivity index (χ1v) is 9.92. The van der Waals surface area contributed by atoms with Gasteiger partial charge in [0.25, 0.3) is 0 Å². The zero-order valence-electron chi connectivity index (χ0n) is 16.3. The number of hydrogen-bond donors (Lipinski definition) is 3. The molecule has 0 radical (unpaired) electrons. The maximum absolute atomic E-state index is 11.8. The Balaban J connectivity index is 1.64. The molecule has 1 amide bonds. The number of alkyl carbamates (subject to hydrolysis) is 1. The molecule has 0 unspecified atom stereocenters. The third kappa shape index (κ3) is 6.68. The molecule has 2 aliphatic heterocycles. The van der Waals surface area contributed by atoms with Crippen LogP contribution in [0.1, 0.15) is 44.6 Å². The first-order valence-electron chi connectivity index (χ1n) is 9.92. The topological polar surface area (TPSA) is 101 Å². The number of amides is 1. The van der Waals surface area contributed by atoms with Gasteiger partial charge < -0.3 is 20.7 Å². The van der Waals surface area contributed by atoms with E-state index in [0.717, 1.165) is 56.5 Å². The Labute approximate surface area is 165 Å². The Morgan fingerprint density at radius 2 is 1.75 bits per heavy atom. The monoisotopic (exact) mass is 384 g/mol. The summed E-state index contributed by atoms with van der Waals surface area (Å²) in [6.07, 6.45) is 8.66. The lowest BCUT2D eigenvalue weighted by Crippen LogP contribution is -2.28. The number of fused-ring (bicyclic) bond motifs is 14. The Morgan fingerprint density at radius 3 is 2.57 bits per heavy atom. The number of carbonyl (C=O) groups is 1. The van der Waals surface area contributed by atoms with Gasteiger partial charge in [0, 0.05) is 25.5 Å². The number of nitrogens with one attached hydrogen (secondary N) is 3. The van der Waals surface area contributed by atoms with Crippen LogP contribution in [0.3, 0.4) is 0 Å². The molecule has 8 nitrogen and oxygen atoms in total. The highest BCUT2D eigenvalue weighted by atomic mass is 16.6. The fraction of sp³-hybridized carbons (Fsp3) is 0.500. The predicted octanol–water partition coefficient (Wildman–Crippen LogP) is 3.65. The number of rotatable bonds is 0. The van der Waals surface area contributed by atoms with Crippen LogP contribution < -0.4 is 16.0 Å².